The van der Waals surface area contributed by atoms with E-state index in [0.717, 1.165) is 24.3 Å². The Hall–Kier alpha value is -2.54. The van der Waals surface area contributed by atoms with Crippen molar-refractivity contribution < 1.29 is 19.4 Å². The molecule has 1 aliphatic rings. The zero-order valence-electron chi connectivity index (χ0n) is 14.8. The second-order valence-corrected chi connectivity index (χ2v) is 6.46. The highest BCUT2D eigenvalue weighted by molar-refractivity contribution is 6.11. The molecule has 0 bridgehead atoms. The number of nitrogens with one attached hydrogen (secondary N) is 1. The zero-order valence-corrected chi connectivity index (χ0v) is 14.8. The number of carboxylic acid groups (broad SMARTS) is 1. The zero-order chi connectivity index (χ0) is 18.1. The van der Waals surface area contributed by atoms with Crippen molar-refractivity contribution in [2.45, 2.75) is 13.3 Å². The second-order valence-electron chi connectivity index (χ2n) is 6.46. The molecule has 0 radical (unpaired) electrons. The lowest BCUT2D eigenvalue weighted by Crippen LogP contribution is -2.47. The maximum Gasteiger partial charge on any atom is 0.307 e. The van der Waals surface area contributed by atoms with Crippen LogP contribution < -0.4 is 4.74 Å². The van der Waals surface area contributed by atoms with Crippen LogP contribution in [0.5, 0.6) is 5.75 Å². The Labute approximate surface area is 146 Å². The van der Waals surface area contributed by atoms with Crippen molar-refractivity contribution in [1.29, 1.82) is 0 Å². The number of hydrogen-bond donors (Lipinski definition) is 2. The molecule has 0 saturated carbocycles. The van der Waals surface area contributed by atoms with Gasteiger partial charge in [0.1, 0.15) is 5.75 Å². The maximum absolute atomic E-state index is 13.2. The van der Waals surface area contributed by atoms with E-state index >= 15 is 0 Å². The van der Waals surface area contributed by atoms with Crippen LogP contribution in [-0.2, 0) is 11.2 Å². The van der Waals surface area contributed by atoms with Crippen LogP contribution >= 0.6 is 0 Å². The molecule has 0 spiro atoms. The van der Waals surface area contributed by atoms with E-state index in [2.05, 4.69) is 9.88 Å². The first kappa shape index (κ1) is 17.3. The number of amides is 1. The number of fused-ring (bicyclic) bond motifs is 1. The lowest BCUT2D eigenvalue weighted by molar-refractivity contribution is -0.136. The lowest BCUT2D eigenvalue weighted by Gasteiger charge is -2.33. The Balaban J connectivity index is 2.14. The molecule has 0 atom stereocenters. The standard InChI is InChI=1S/C18H23N3O4/c1-11-12(10-15(22)23)16-13(19-11)4-5-14(25-3)17(16)18(24)21-8-6-20(2)7-9-21/h4-5,19H,6-10H2,1-3H3,(H,22,23). The molecule has 0 aliphatic carbocycles. The SMILES string of the molecule is COc1ccc2[nH]c(C)c(CC(=O)O)c2c1C(=O)N1CCN(C)CC1. The van der Waals surface area contributed by atoms with E-state index in [-0.39, 0.29) is 12.3 Å². The normalized spacial score (nSPS) is 15.6. The molecule has 2 N–H and O–H groups in total. The minimum absolute atomic E-state index is 0.110. The molecule has 25 heavy (non-hydrogen) atoms. The number of aryl methyl sites for hydroxylation is 1. The van der Waals surface area contributed by atoms with Gasteiger partial charge in [0.15, 0.2) is 0 Å². The van der Waals surface area contributed by atoms with Crippen molar-refractivity contribution in [3.05, 3.63) is 29.0 Å². The van der Waals surface area contributed by atoms with Gasteiger partial charge in [0.05, 0.1) is 19.1 Å². The summed E-state index contributed by atoms with van der Waals surface area (Å²) in [7, 11) is 3.56. The van der Waals surface area contributed by atoms with Crippen LogP contribution in [0, 0.1) is 6.92 Å². The van der Waals surface area contributed by atoms with Crippen molar-refractivity contribution in [3.8, 4) is 5.75 Å². The van der Waals surface area contributed by atoms with Crippen molar-refractivity contribution in [2.75, 3.05) is 40.3 Å². The summed E-state index contributed by atoms with van der Waals surface area (Å²) < 4.78 is 5.44. The first-order valence-electron chi connectivity index (χ1n) is 8.30. The van der Waals surface area contributed by atoms with Gasteiger partial charge in [0.25, 0.3) is 5.91 Å². The van der Waals surface area contributed by atoms with Gasteiger partial charge in [-0.2, -0.15) is 0 Å². The average molecular weight is 345 g/mol. The van der Waals surface area contributed by atoms with Crippen LogP contribution in [0.15, 0.2) is 12.1 Å². The Bertz CT molecular complexity index is 819. The smallest absolute Gasteiger partial charge is 0.307 e. The number of nitrogens with zero attached hydrogens (tertiary/aromatic N) is 2. The summed E-state index contributed by atoms with van der Waals surface area (Å²) in [5.41, 5.74) is 2.61. The number of aliphatic carboxylic acids is 1. The first-order chi connectivity index (χ1) is 11.9. The monoisotopic (exact) mass is 345 g/mol. The fourth-order valence-electron chi connectivity index (χ4n) is 3.39. The topological polar surface area (TPSA) is 85.9 Å². The molecule has 1 aliphatic heterocycles. The van der Waals surface area contributed by atoms with E-state index in [1.54, 1.807) is 6.07 Å². The van der Waals surface area contributed by atoms with Crippen molar-refractivity contribution in [1.82, 2.24) is 14.8 Å². The molecule has 0 unspecified atom stereocenters. The second kappa shape index (κ2) is 6.76. The van der Waals surface area contributed by atoms with Gasteiger partial charge in [-0.05, 0) is 31.7 Å². The molecule has 1 aromatic heterocycles. The number of hydrogen-bond acceptors (Lipinski definition) is 4. The van der Waals surface area contributed by atoms with Crippen molar-refractivity contribution in [2.24, 2.45) is 0 Å². The van der Waals surface area contributed by atoms with Crippen molar-refractivity contribution in [3.63, 3.8) is 0 Å². The summed E-state index contributed by atoms with van der Waals surface area (Å²) in [6.07, 6.45) is -0.137. The largest absolute Gasteiger partial charge is 0.496 e. The Morgan fingerprint density at radius 3 is 2.52 bits per heavy atom. The van der Waals surface area contributed by atoms with E-state index < -0.39 is 5.97 Å². The molecule has 134 valence electrons. The van der Waals surface area contributed by atoms with Gasteiger partial charge in [0, 0.05) is 42.8 Å². The van der Waals surface area contributed by atoms with E-state index in [0.29, 0.717) is 35.4 Å². The third-order valence-corrected chi connectivity index (χ3v) is 4.80. The number of aromatic nitrogens is 1. The summed E-state index contributed by atoms with van der Waals surface area (Å²) in [5, 5.41) is 9.91. The number of carboxylic acids is 1. The number of carbonyl (C=O) groups is 2. The molecule has 1 aromatic carbocycles. The molecule has 3 rings (SSSR count). The summed E-state index contributed by atoms with van der Waals surface area (Å²) >= 11 is 0. The first-order valence-corrected chi connectivity index (χ1v) is 8.30. The summed E-state index contributed by atoms with van der Waals surface area (Å²) in [6.45, 7) is 4.75. The number of rotatable bonds is 4. The molecule has 7 nitrogen and oxygen atoms in total. The number of H-pyrrole nitrogens is 1. The van der Waals surface area contributed by atoms with Gasteiger partial charge in [0.2, 0.25) is 0 Å². The Morgan fingerprint density at radius 2 is 1.92 bits per heavy atom. The molecule has 2 aromatic rings. The average Bonchev–Trinajstić information content (AvgIpc) is 2.89. The van der Waals surface area contributed by atoms with Gasteiger partial charge in [-0.1, -0.05) is 0 Å². The third kappa shape index (κ3) is 3.19. The predicted molar refractivity (Wildman–Crippen MR) is 94.3 cm³/mol. The van der Waals surface area contributed by atoms with Crippen molar-refractivity contribution >= 4 is 22.8 Å². The van der Waals surface area contributed by atoms with Gasteiger partial charge in [-0.25, -0.2) is 0 Å². The fraction of sp³-hybridized carbons (Fsp3) is 0.444. The van der Waals surface area contributed by atoms with Crippen LogP contribution in [0.1, 0.15) is 21.6 Å². The summed E-state index contributed by atoms with van der Waals surface area (Å²) in [5.74, 6) is -0.562. The van der Waals surface area contributed by atoms with Crippen LogP contribution in [0.4, 0.5) is 0 Å². The Morgan fingerprint density at radius 1 is 1.24 bits per heavy atom. The Kier molecular flexibility index (Phi) is 4.67. The predicted octanol–water partition coefficient (Wildman–Crippen LogP) is 1.50. The molecular weight excluding hydrogens is 322 g/mol. The van der Waals surface area contributed by atoms with Gasteiger partial charge < -0.3 is 24.6 Å². The van der Waals surface area contributed by atoms with Crippen LogP contribution in [0.3, 0.4) is 0 Å². The number of ether oxygens (including phenoxy) is 1. The van der Waals surface area contributed by atoms with E-state index in [1.807, 2.05) is 24.9 Å². The third-order valence-electron chi connectivity index (χ3n) is 4.80. The molecule has 7 heteroatoms. The summed E-state index contributed by atoms with van der Waals surface area (Å²) in [6, 6.07) is 3.58. The number of benzene rings is 1. The van der Waals surface area contributed by atoms with Gasteiger partial charge in [-0.3, -0.25) is 9.59 Å². The van der Waals surface area contributed by atoms with Gasteiger partial charge in [-0.15, -0.1) is 0 Å². The van der Waals surface area contributed by atoms with Crippen LogP contribution in [-0.4, -0.2) is 72.1 Å². The maximum atomic E-state index is 13.2. The molecule has 1 amide bonds. The highest BCUT2D eigenvalue weighted by Gasteiger charge is 2.27. The highest BCUT2D eigenvalue weighted by Crippen LogP contribution is 2.33. The van der Waals surface area contributed by atoms with E-state index in [1.165, 1.54) is 7.11 Å². The van der Waals surface area contributed by atoms with Crippen LogP contribution in [0.2, 0.25) is 0 Å². The summed E-state index contributed by atoms with van der Waals surface area (Å²) in [4.78, 5) is 31.7. The number of likely N-dealkylation sites (N-methyl/N-ethyl adjacent to an activating group) is 1. The highest BCUT2D eigenvalue weighted by atomic mass is 16.5. The molecule has 1 saturated heterocycles. The quantitative estimate of drug-likeness (QED) is 0.877. The molecule has 2 heterocycles. The minimum atomic E-state index is -0.926. The minimum Gasteiger partial charge on any atom is -0.496 e. The number of methoxy groups -OCH3 is 1. The number of piperazine rings is 1. The van der Waals surface area contributed by atoms with Crippen LogP contribution in [0.25, 0.3) is 10.9 Å². The fourth-order valence-corrected chi connectivity index (χ4v) is 3.39. The molecule has 1 fully saturated rings. The van der Waals surface area contributed by atoms with E-state index in [9.17, 15) is 14.7 Å². The van der Waals surface area contributed by atoms with Gasteiger partial charge >= 0.3 is 5.97 Å². The number of carbonyl (C=O) groups excluding carboxylic acids is 1. The van der Waals surface area contributed by atoms with E-state index in [4.69, 9.17) is 4.74 Å². The lowest BCUT2D eigenvalue weighted by atomic mass is 10.00. The number of aromatic amines is 1. The molecular formula is C18H23N3O4.